The second-order valence-corrected chi connectivity index (χ2v) is 6.87. The molecule has 2 unspecified atom stereocenters. The number of carbonyl (C=O) groups is 1. The molecule has 0 aliphatic carbocycles. The van der Waals surface area contributed by atoms with Crippen molar-refractivity contribution in [1.82, 2.24) is 0 Å². The molecule has 2 rings (SSSR count). The summed E-state index contributed by atoms with van der Waals surface area (Å²) in [6.07, 6.45) is 0.348. The van der Waals surface area contributed by atoms with Gasteiger partial charge in [-0.2, -0.15) is 11.8 Å². The normalized spacial score (nSPS) is 24.6. The van der Waals surface area contributed by atoms with Gasteiger partial charge in [0.05, 0.1) is 5.25 Å². The zero-order valence-electron chi connectivity index (χ0n) is 9.69. The molecular weight excluding hydrogens is 255 g/mol. The third-order valence-electron chi connectivity index (χ3n) is 2.77. The fraction of sp³-hybridized carbons (Fsp3) is 0.462. The maximum atomic E-state index is 13.0. The third kappa shape index (κ3) is 3.49. The molecule has 4 heteroatoms. The molecule has 0 bridgehead atoms. The average Bonchev–Trinajstić information content (AvgIpc) is 2.29. The Bertz CT molecular complexity index is 408. The van der Waals surface area contributed by atoms with Crippen molar-refractivity contribution in [2.45, 2.75) is 23.8 Å². The molecule has 92 valence electrons. The molecule has 0 radical (unpaired) electrons. The summed E-state index contributed by atoms with van der Waals surface area (Å²) >= 11 is 3.59. The van der Waals surface area contributed by atoms with Gasteiger partial charge in [-0.05, 0) is 17.7 Å². The molecule has 1 aliphatic rings. The van der Waals surface area contributed by atoms with Gasteiger partial charge in [0.1, 0.15) is 5.82 Å². The topological polar surface area (TPSA) is 17.1 Å². The first kappa shape index (κ1) is 13.0. The summed E-state index contributed by atoms with van der Waals surface area (Å²) in [6, 6.07) is 6.32. The van der Waals surface area contributed by atoms with Crippen LogP contribution in [0.2, 0.25) is 0 Å². The third-order valence-corrected chi connectivity index (χ3v) is 5.91. The van der Waals surface area contributed by atoms with Gasteiger partial charge in [0, 0.05) is 23.2 Å². The molecule has 0 amide bonds. The number of rotatable bonds is 3. The summed E-state index contributed by atoms with van der Waals surface area (Å²) in [7, 11) is 0. The van der Waals surface area contributed by atoms with Crippen molar-refractivity contribution in [3.05, 3.63) is 35.6 Å². The van der Waals surface area contributed by atoms with E-state index in [1.165, 1.54) is 12.1 Å². The average molecular weight is 270 g/mol. The van der Waals surface area contributed by atoms with Gasteiger partial charge < -0.3 is 0 Å². The van der Waals surface area contributed by atoms with E-state index in [0.717, 1.165) is 17.1 Å². The van der Waals surface area contributed by atoms with Crippen molar-refractivity contribution in [2.24, 2.45) is 0 Å². The van der Waals surface area contributed by atoms with Gasteiger partial charge in [0.15, 0.2) is 5.78 Å². The number of carbonyl (C=O) groups excluding carboxylic acids is 1. The lowest BCUT2D eigenvalue weighted by molar-refractivity contribution is -0.117. The highest BCUT2D eigenvalue weighted by Crippen LogP contribution is 2.32. The van der Waals surface area contributed by atoms with Crippen LogP contribution in [-0.2, 0) is 11.2 Å². The number of hydrogen-bond donors (Lipinski definition) is 0. The Morgan fingerprint density at radius 3 is 2.88 bits per heavy atom. The molecule has 1 saturated heterocycles. The van der Waals surface area contributed by atoms with Gasteiger partial charge in [-0.3, -0.25) is 4.79 Å². The lowest BCUT2D eigenvalue weighted by atomic mass is 10.1. The van der Waals surface area contributed by atoms with Crippen molar-refractivity contribution < 1.29 is 9.18 Å². The van der Waals surface area contributed by atoms with Crippen LogP contribution >= 0.6 is 23.5 Å². The summed E-state index contributed by atoms with van der Waals surface area (Å²) in [6.45, 7) is 2.10. The molecule has 1 aromatic carbocycles. The monoisotopic (exact) mass is 270 g/mol. The molecule has 0 spiro atoms. The van der Waals surface area contributed by atoms with E-state index in [9.17, 15) is 9.18 Å². The van der Waals surface area contributed by atoms with E-state index in [0.29, 0.717) is 11.7 Å². The van der Waals surface area contributed by atoms with Gasteiger partial charge >= 0.3 is 0 Å². The molecule has 1 nitrogen and oxygen atoms in total. The van der Waals surface area contributed by atoms with E-state index < -0.39 is 0 Å². The maximum absolute atomic E-state index is 13.0. The molecule has 1 aromatic rings. The van der Waals surface area contributed by atoms with Gasteiger partial charge in [-0.15, -0.1) is 11.8 Å². The zero-order valence-corrected chi connectivity index (χ0v) is 11.3. The Morgan fingerprint density at radius 1 is 1.41 bits per heavy atom. The Kier molecular flexibility index (Phi) is 4.51. The minimum Gasteiger partial charge on any atom is -0.298 e. The van der Waals surface area contributed by atoms with Crippen LogP contribution in [0.25, 0.3) is 0 Å². The van der Waals surface area contributed by atoms with E-state index in [1.807, 2.05) is 17.8 Å². The molecule has 0 aromatic heterocycles. The lowest BCUT2D eigenvalue weighted by Crippen LogP contribution is -2.32. The first-order valence-electron chi connectivity index (χ1n) is 5.67. The summed E-state index contributed by atoms with van der Waals surface area (Å²) < 4.78 is 13.0. The molecule has 1 heterocycles. The number of thioether (sulfide) groups is 2. The largest absolute Gasteiger partial charge is 0.298 e. The fourth-order valence-electron chi connectivity index (χ4n) is 1.94. The van der Waals surface area contributed by atoms with E-state index in [-0.39, 0.29) is 16.9 Å². The number of benzene rings is 1. The molecule has 1 aliphatic heterocycles. The first-order chi connectivity index (χ1) is 8.16. The standard InChI is InChI=1S/C13H15FOS2/c1-9-13(17-6-5-16-9)12(15)8-10-3-2-4-11(14)7-10/h2-4,7,9,13H,5-6,8H2,1H3. The number of Topliss-reactive ketones (excluding diaryl/α,β-unsaturated/α-hetero) is 1. The smallest absolute Gasteiger partial charge is 0.151 e. The van der Waals surface area contributed by atoms with E-state index in [1.54, 1.807) is 17.8 Å². The summed E-state index contributed by atoms with van der Waals surface area (Å²) in [5.41, 5.74) is 0.776. The number of hydrogen-bond acceptors (Lipinski definition) is 3. The van der Waals surface area contributed by atoms with Crippen LogP contribution in [0.4, 0.5) is 4.39 Å². The van der Waals surface area contributed by atoms with Crippen LogP contribution in [0.1, 0.15) is 12.5 Å². The zero-order chi connectivity index (χ0) is 12.3. The molecule has 0 N–H and O–H groups in total. The molecular formula is C13H15FOS2. The van der Waals surface area contributed by atoms with Gasteiger partial charge in [-0.25, -0.2) is 4.39 Å². The Balaban J connectivity index is 2.01. The highest BCUT2D eigenvalue weighted by atomic mass is 32.2. The number of ketones is 1. The van der Waals surface area contributed by atoms with Crippen molar-refractivity contribution in [3.8, 4) is 0 Å². The highest BCUT2D eigenvalue weighted by molar-refractivity contribution is 8.07. The predicted octanol–water partition coefficient (Wildman–Crippen LogP) is 3.17. The van der Waals surface area contributed by atoms with Crippen molar-refractivity contribution in [1.29, 1.82) is 0 Å². The number of halogens is 1. The minimum atomic E-state index is -0.269. The minimum absolute atomic E-state index is 0.0667. The first-order valence-corrected chi connectivity index (χ1v) is 7.77. The van der Waals surface area contributed by atoms with Crippen LogP contribution in [0.3, 0.4) is 0 Å². The highest BCUT2D eigenvalue weighted by Gasteiger charge is 2.28. The summed E-state index contributed by atoms with van der Waals surface area (Å²) in [5, 5.41) is 0.437. The van der Waals surface area contributed by atoms with Crippen LogP contribution in [-0.4, -0.2) is 27.8 Å². The maximum Gasteiger partial charge on any atom is 0.151 e. The Morgan fingerprint density at radius 2 is 2.18 bits per heavy atom. The van der Waals surface area contributed by atoms with Crippen molar-refractivity contribution >= 4 is 29.3 Å². The van der Waals surface area contributed by atoms with Gasteiger partial charge in [0.25, 0.3) is 0 Å². The van der Waals surface area contributed by atoms with Crippen molar-refractivity contribution in [2.75, 3.05) is 11.5 Å². The molecule has 17 heavy (non-hydrogen) atoms. The van der Waals surface area contributed by atoms with E-state index in [4.69, 9.17) is 0 Å². The molecule has 2 atom stereocenters. The quantitative estimate of drug-likeness (QED) is 0.840. The SMILES string of the molecule is CC1SCCSC1C(=O)Cc1cccc(F)c1. The Hall–Kier alpha value is -0.480. The second-order valence-electron chi connectivity index (χ2n) is 4.14. The van der Waals surface area contributed by atoms with Gasteiger partial charge in [0.2, 0.25) is 0 Å². The molecule has 0 saturated carbocycles. The van der Waals surface area contributed by atoms with E-state index >= 15 is 0 Å². The predicted molar refractivity (Wildman–Crippen MR) is 73.3 cm³/mol. The Labute approximate surface area is 110 Å². The summed E-state index contributed by atoms with van der Waals surface area (Å²) in [5.74, 6) is 2.11. The van der Waals surface area contributed by atoms with Crippen LogP contribution in [0.5, 0.6) is 0 Å². The lowest BCUT2D eigenvalue weighted by Gasteiger charge is -2.26. The van der Waals surface area contributed by atoms with Gasteiger partial charge in [-0.1, -0.05) is 19.1 Å². The van der Waals surface area contributed by atoms with Crippen LogP contribution < -0.4 is 0 Å². The van der Waals surface area contributed by atoms with Crippen LogP contribution in [0.15, 0.2) is 24.3 Å². The summed E-state index contributed by atoms with van der Waals surface area (Å²) in [4.78, 5) is 12.1. The second kappa shape index (κ2) is 5.91. The van der Waals surface area contributed by atoms with Crippen LogP contribution in [0, 0.1) is 5.82 Å². The van der Waals surface area contributed by atoms with E-state index in [2.05, 4.69) is 6.92 Å². The van der Waals surface area contributed by atoms with Crippen molar-refractivity contribution in [3.63, 3.8) is 0 Å². The fourth-order valence-corrected chi connectivity index (χ4v) is 4.67. The molecule has 1 fully saturated rings.